The Morgan fingerprint density at radius 2 is 2.20 bits per heavy atom. The Labute approximate surface area is 144 Å². The molecule has 3 aromatic rings. The van der Waals surface area contributed by atoms with Gasteiger partial charge in [0.25, 0.3) is 0 Å². The van der Waals surface area contributed by atoms with Gasteiger partial charge in [0.1, 0.15) is 11.5 Å². The van der Waals surface area contributed by atoms with Crippen molar-refractivity contribution >= 4 is 17.7 Å². The Morgan fingerprint density at radius 3 is 2.96 bits per heavy atom. The van der Waals surface area contributed by atoms with Crippen LogP contribution >= 0.6 is 0 Å². The van der Waals surface area contributed by atoms with Crippen molar-refractivity contribution in [3.8, 4) is 11.4 Å². The zero-order valence-corrected chi connectivity index (χ0v) is 13.7. The van der Waals surface area contributed by atoms with E-state index in [1.807, 2.05) is 48.0 Å². The molecule has 1 aliphatic rings. The first-order valence-corrected chi connectivity index (χ1v) is 8.13. The molecular weight excluding hydrogens is 318 g/mol. The number of carbonyl (C=O) groups is 1. The second kappa shape index (κ2) is 6.35. The Morgan fingerprint density at radius 1 is 1.32 bits per heavy atom. The summed E-state index contributed by atoms with van der Waals surface area (Å²) in [6.07, 6.45) is 5.29. The largest absolute Gasteiger partial charge is 0.462 e. The maximum absolute atomic E-state index is 12.1. The van der Waals surface area contributed by atoms with Crippen LogP contribution in [-0.2, 0) is 4.79 Å². The van der Waals surface area contributed by atoms with Gasteiger partial charge in [-0.15, -0.1) is 5.10 Å². The summed E-state index contributed by atoms with van der Waals surface area (Å²) in [5, 5.41) is 14.8. The van der Waals surface area contributed by atoms with Crippen LogP contribution in [0.25, 0.3) is 17.5 Å². The van der Waals surface area contributed by atoms with Crippen LogP contribution in [0.2, 0.25) is 0 Å². The maximum atomic E-state index is 12.1. The minimum Gasteiger partial charge on any atom is -0.462 e. The number of rotatable bonds is 5. The van der Waals surface area contributed by atoms with E-state index in [4.69, 9.17) is 4.42 Å². The van der Waals surface area contributed by atoms with Crippen LogP contribution < -0.4 is 5.32 Å². The summed E-state index contributed by atoms with van der Waals surface area (Å²) in [5.74, 6) is 1.94. The number of anilines is 1. The topological polar surface area (TPSA) is 85.8 Å². The van der Waals surface area contributed by atoms with Crippen LogP contribution in [0.15, 0.2) is 46.9 Å². The molecule has 2 heterocycles. The van der Waals surface area contributed by atoms with Gasteiger partial charge in [-0.2, -0.15) is 0 Å². The summed E-state index contributed by atoms with van der Waals surface area (Å²) in [7, 11) is 0. The highest BCUT2D eigenvalue weighted by molar-refractivity contribution is 6.02. The monoisotopic (exact) mass is 335 g/mol. The molecule has 0 aliphatic heterocycles. The first-order valence-electron chi connectivity index (χ1n) is 8.13. The van der Waals surface area contributed by atoms with Crippen molar-refractivity contribution in [1.82, 2.24) is 20.2 Å². The summed E-state index contributed by atoms with van der Waals surface area (Å²) in [6.45, 7) is 1.86. The minimum atomic E-state index is -0.229. The van der Waals surface area contributed by atoms with Gasteiger partial charge in [0.15, 0.2) is 5.82 Å². The fraction of sp³-hybridized carbons (Fsp3) is 0.222. The van der Waals surface area contributed by atoms with Crippen molar-refractivity contribution in [3.63, 3.8) is 0 Å². The van der Waals surface area contributed by atoms with Crippen molar-refractivity contribution in [2.24, 2.45) is 0 Å². The molecule has 0 unspecified atom stereocenters. The molecule has 1 amide bonds. The van der Waals surface area contributed by atoms with E-state index in [9.17, 15) is 4.79 Å². The van der Waals surface area contributed by atoms with Crippen molar-refractivity contribution in [1.29, 1.82) is 0 Å². The van der Waals surface area contributed by atoms with Gasteiger partial charge in [-0.3, -0.25) is 4.79 Å². The number of benzene rings is 1. The van der Waals surface area contributed by atoms with Crippen LogP contribution in [0.5, 0.6) is 0 Å². The third-order valence-electron chi connectivity index (χ3n) is 3.93. The standard InChI is InChI=1S/C18H17N5O2/c1-12-5-8-16(25-12)9-10-17(24)19-14-4-2-3-13(11-14)18-20-21-22-23(18)15-6-7-15/h2-5,8-11,15H,6-7H2,1H3,(H,19,24)/b10-9+. The van der Waals surface area contributed by atoms with E-state index in [1.165, 1.54) is 6.08 Å². The van der Waals surface area contributed by atoms with Crippen LogP contribution in [-0.4, -0.2) is 26.1 Å². The minimum absolute atomic E-state index is 0.229. The number of hydrogen-bond donors (Lipinski definition) is 1. The number of amides is 1. The zero-order valence-electron chi connectivity index (χ0n) is 13.7. The number of nitrogens with zero attached hydrogens (tertiary/aromatic N) is 4. The van der Waals surface area contributed by atoms with Gasteiger partial charge in [0, 0.05) is 17.3 Å². The lowest BCUT2D eigenvalue weighted by molar-refractivity contribution is -0.111. The molecule has 25 heavy (non-hydrogen) atoms. The normalized spacial score (nSPS) is 14.1. The molecule has 7 heteroatoms. The number of aryl methyl sites for hydroxylation is 1. The van der Waals surface area contributed by atoms with Gasteiger partial charge in [-0.1, -0.05) is 12.1 Å². The summed E-state index contributed by atoms with van der Waals surface area (Å²) >= 11 is 0. The average molecular weight is 335 g/mol. The van der Waals surface area contributed by atoms with Crippen molar-refractivity contribution in [2.75, 3.05) is 5.32 Å². The molecule has 1 saturated carbocycles. The van der Waals surface area contributed by atoms with Gasteiger partial charge in [-0.25, -0.2) is 4.68 Å². The molecule has 1 aliphatic carbocycles. The first-order chi connectivity index (χ1) is 12.2. The third kappa shape index (κ3) is 3.50. The smallest absolute Gasteiger partial charge is 0.248 e. The number of hydrogen-bond acceptors (Lipinski definition) is 5. The van der Waals surface area contributed by atoms with Crippen molar-refractivity contribution < 1.29 is 9.21 Å². The summed E-state index contributed by atoms with van der Waals surface area (Å²) in [4.78, 5) is 12.1. The van der Waals surface area contributed by atoms with E-state index in [-0.39, 0.29) is 5.91 Å². The second-order valence-electron chi connectivity index (χ2n) is 6.03. The average Bonchev–Trinajstić information content (AvgIpc) is 3.17. The van der Waals surface area contributed by atoms with E-state index in [1.54, 1.807) is 6.08 Å². The van der Waals surface area contributed by atoms with Crippen LogP contribution in [0.3, 0.4) is 0 Å². The second-order valence-corrected chi connectivity index (χ2v) is 6.03. The molecule has 1 fully saturated rings. The van der Waals surface area contributed by atoms with Gasteiger partial charge < -0.3 is 9.73 Å². The van der Waals surface area contributed by atoms with Gasteiger partial charge in [0.2, 0.25) is 5.91 Å². The van der Waals surface area contributed by atoms with Gasteiger partial charge >= 0.3 is 0 Å². The van der Waals surface area contributed by atoms with Crippen molar-refractivity contribution in [2.45, 2.75) is 25.8 Å². The highest BCUT2D eigenvalue weighted by atomic mass is 16.3. The number of carbonyl (C=O) groups excluding carboxylic acids is 1. The van der Waals surface area contributed by atoms with Gasteiger partial charge in [-0.05, 0) is 60.5 Å². The van der Waals surface area contributed by atoms with E-state index < -0.39 is 0 Å². The summed E-state index contributed by atoms with van der Waals surface area (Å²) in [5.41, 5.74) is 1.56. The Bertz CT molecular complexity index is 936. The molecule has 7 nitrogen and oxygen atoms in total. The molecule has 2 aromatic heterocycles. The lowest BCUT2D eigenvalue weighted by atomic mass is 10.2. The van der Waals surface area contributed by atoms with Crippen LogP contribution in [0.4, 0.5) is 5.69 Å². The molecular formula is C18H17N5O2. The lowest BCUT2D eigenvalue weighted by Gasteiger charge is -2.06. The Hall–Kier alpha value is -3.22. The van der Waals surface area contributed by atoms with Crippen LogP contribution in [0.1, 0.15) is 30.4 Å². The molecule has 126 valence electrons. The third-order valence-corrected chi connectivity index (χ3v) is 3.93. The maximum Gasteiger partial charge on any atom is 0.248 e. The highest BCUT2D eigenvalue weighted by Crippen LogP contribution is 2.36. The zero-order chi connectivity index (χ0) is 17.2. The Balaban J connectivity index is 1.48. The fourth-order valence-corrected chi connectivity index (χ4v) is 2.57. The highest BCUT2D eigenvalue weighted by Gasteiger charge is 2.28. The van der Waals surface area contributed by atoms with Crippen LogP contribution in [0, 0.1) is 6.92 Å². The lowest BCUT2D eigenvalue weighted by Crippen LogP contribution is -2.08. The molecule has 0 atom stereocenters. The molecule has 0 radical (unpaired) electrons. The van der Waals surface area contributed by atoms with E-state index in [0.717, 1.165) is 30.0 Å². The quantitative estimate of drug-likeness (QED) is 0.724. The molecule has 0 bridgehead atoms. The number of tetrazole rings is 1. The van der Waals surface area contributed by atoms with E-state index >= 15 is 0 Å². The first kappa shape index (κ1) is 15.3. The Kier molecular flexibility index (Phi) is 3.89. The summed E-state index contributed by atoms with van der Waals surface area (Å²) < 4.78 is 7.25. The predicted octanol–water partition coefficient (Wildman–Crippen LogP) is 3.23. The van der Waals surface area contributed by atoms with E-state index in [0.29, 0.717) is 17.5 Å². The number of nitrogens with one attached hydrogen (secondary N) is 1. The predicted molar refractivity (Wildman–Crippen MR) is 92.6 cm³/mol. The van der Waals surface area contributed by atoms with Crippen molar-refractivity contribution in [3.05, 3.63) is 54.0 Å². The molecule has 1 aromatic carbocycles. The van der Waals surface area contributed by atoms with Gasteiger partial charge in [0.05, 0.1) is 6.04 Å². The van der Waals surface area contributed by atoms with E-state index in [2.05, 4.69) is 20.8 Å². The summed E-state index contributed by atoms with van der Waals surface area (Å²) in [6, 6.07) is 11.6. The fourth-order valence-electron chi connectivity index (χ4n) is 2.57. The molecule has 1 N–H and O–H groups in total. The molecule has 0 spiro atoms. The number of aromatic nitrogens is 4. The molecule has 4 rings (SSSR count). The molecule has 0 saturated heterocycles. The number of furan rings is 1. The SMILES string of the molecule is Cc1ccc(/C=C/C(=O)Nc2cccc(-c3nnnn3C3CC3)c2)o1.